The van der Waals surface area contributed by atoms with Gasteiger partial charge in [0.05, 0.1) is 25.3 Å². The molecule has 17 heavy (non-hydrogen) atoms. The summed E-state index contributed by atoms with van der Waals surface area (Å²) in [6.45, 7) is 0.831. The highest BCUT2D eigenvalue weighted by molar-refractivity contribution is 6.35. The zero-order chi connectivity index (χ0) is 12.4. The summed E-state index contributed by atoms with van der Waals surface area (Å²) < 4.78 is 10.7. The number of hydrogen-bond acceptors (Lipinski definition) is 4. The summed E-state index contributed by atoms with van der Waals surface area (Å²) >= 11 is 6.23. The molecule has 1 aliphatic heterocycles. The van der Waals surface area contributed by atoms with Gasteiger partial charge in [-0.2, -0.15) is 0 Å². The molecule has 1 N–H and O–H groups in total. The van der Waals surface area contributed by atoms with E-state index in [0.29, 0.717) is 35.1 Å². The van der Waals surface area contributed by atoms with Gasteiger partial charge in [-0.05, 0) is 13.1 Å². The number of Topliss-reactive ketones (excluding diaryl/α,β-unsaturated/α-hetero) is 1. The molecule has 0 fully saturated rings. The highest BCUT2D eigenvalue weighted by atomic mass is 35.5. The molecule has 0 saturated heterocycles. The Morgan fingerprint density at radius 2 is 2.41 bits per heavy atom. The fourth-order valence-electron chi connectivity index (χ4n) is 1.92. The Kier molecular flexibility index (Phi) is 3.54. The Morgan fingerprint density at radius 1 is 1.65 bits per heavy atom. The van der Waals surface area contributed by atoms with E-state index in [9.17, 15) is 4.79 Å². The van der Waals surface area contributed by atoms with Crippen LogP contribution in [0.3, 0.4) is 0 Å². The largest absolute Gasteiger partial charge is 0.493 e. The van der Waals surface area contributed by atoms with E-state index in [1.165, 1.54) is 0 Å². The van der Waals surface area contributed by atoms with Gasteiger partial charge in [-0.1, -0.05) is 11.6 Å². The minimum atomic E-state index is -0.0505. The van der Waals surface area contributed by atoms with Gasteiger partial charge >= 0.3 is 0 Å². The smallest absolute Gasteiger partial charge is 0.178 e. The fraction of sp³-hybridized carbons (Fsp3) is 0.417. The van der Waals surface area contributed by atoms with Crippen molar-refractivity contribution in [2.24, 2.45) is 0 Å². The third-order valence-electron chi connectivity index (χ3n) is 2.73. The van der Waals surface area contributed by atoms with Crippen LogP contribution in [0.4, 0.5) is 0 Å². The van der Waals surface area contributed by atoms with Gasteiger partial charge in [0.2, 0.25) is 0 Å². The van der Waals surface area contributed by atoms with Crippen molar-refractivity contribution in [1.29, 1.82) is 0 Å². The van der Waals surface area contributed by atoms with E-state index in [1.54, 1.807) is 20.2 Å². The van der Waals surface area contributed by atoms with E-state index in [-0.39, 0.29) is 12.3 Å². The molecule has 1 heterocycles. The lowest BCUT2D eigenvalue weighted by Crippen LogP contribution is -2.19. The molecule has 0 spiro atoms. The maximum absolute atomic E-state index is 11.9. The van der Waals surface area contributed by atoms with Gasteiger partial charge in [0.25, 0.3) is 0 Å². The third kappa shape index (κ3) is 2.10. The van der Waals surface area contributed by atoms with Gasteiger partial charge in [0, 0.05) is 17.5 Å². The lowest BCUT2D eigenvalue weighted by molar-refractivity contribution is 0.0993. The quantitative estimate of drug-likeness (QED) is 0.832. The Hall–Kier alpha value is -1.26. The van der Waals surface area contributed by atoms with Gasteiger partial charge in [0.15, 0.2) is 17.3 Å². The fourth-order valence-corrected chi connectivity index (χ4v) is 2.26. The highest BCUT2D eigenvalue weighted by Crippen LogP contribution is 2.42. The number of rotatable bonds is 4. The molecule has 0 aliphatic carbocycles. The SMILES string of the molecule is CNCC(=O)c1cc(OC)c2c(c1Cl)CCO2. The van der Waals surface area contributed by atoms with Crippen molar-refractivity contribution in [3.63, 3.8) is 0 Å². The number of benzene rings is 1. The van der Waals surface area contributed by atoms with Crippen LogP contribution < -0.4 is 14.8 Å². The number of carbonyl (C=O) groups excluding carboxylic acids is 1. The molecule has 0 bridgehead atoms. The number of carbonyl (C=O) groups is 1. The molecule has 1 aromatic carbocycles. The van der Waals surface area contributed by atoms with E-state index in [2.05, 4.69) is 5.32 Å². The lowest BCUT2D eigenvalue weighted by Gasteiger charge is -2.11. The van der Waals surface area contributed by atoms with Gasteiger partial charge in [-0.3, -0.25) is 4.79 Å². The topological polar surface area (TPSA) is 47.6 Å². The molecule has 1 aliphatic rings. The number of nitrogens with one attached hydrogen (secondary N) is 1. The van der Waals surface area contributed by atoms with Gasteiger partial charge in [0.1, 0.15) is 0 Å². The van der Waals surface area contributed by atoms with Crippen LogP contribution in [0.1, 0.15) is 15.9 Å². The van der Waals surface area contributed by atoms with Crippen LogP contribution in [-0.4, -0.2) is 33.1 Å². The standard InChI is InChI=1S/C12H14ClNO3/c1-14-6-9(15)8-5-10(16-2)12-7(11(8)13)3-4-17-12/h5,14H,3-4,6H2,1-2H3. The Labute approximate surface area is 105 Å². The van der Waals surface area contributed by atoms with Crippen LogP contribution in [0.2, 0.25) is 5.02 Å². The summed E-state index contributed by atoms with van der Waals surface area (Å²) in [7, 11) is 3.27. The van der Waals surface area contributed by atoms with Crippen LogP contribution in [0.25, 0.3) is 0 Å². The van der Waals surface area contributed by atoms with Crippen molar-refractivity contribution in [1.82, 2.24) is 5.32 Å². The number of hydrogen-bond donors (Lipinski definition) is 1. The average molecular weight is 256 g/mol. The van der Waals surface area contributed by atoms with Crippen LogP contribution in [0, 0.1) is 0 Å². The zero-order valence-corrected chi connectivity index (χ0v) is 10.6. The third-order valence-corrected chi connectivity index (χ3v) is 3.16. The summed E-state index contributed by atoms with van der Waals surface area (Å²) in [5.41, 5.74) is 1.35. The van der Waals surface area contributed by atoms with Crippen molar-refractivity contribution in [3.05, 3.63) is 22.2 Å². The first-order valence-corrected chi connectivity index (χ1v) is 5.76. The number of ether oxygens (including phenoxy) is 2. The predicted molar refractivity (Wildman–Crippen MR) is 65.5 cm³/mol. The van der Waals surface area contributed by atoms with Crippen molar-refractivity contribution in [2.45, 2.75) is 6.42 Å². The summed E-state index contributed by atoms with van der Waals surface area (Å²) in [4.78, 5) is 11.9. The normalized spacial score (nSPS) is 13.1. The Bertz CT molecular complexity index is 460. The summed E-state index contributed by atoms with van der Waals surface area (Å²) in [6, 6.07) is 1.64. The number of halogens is 1. The zero-order valence-electron chi connectivity index (χ0n) is 9.80. The number of ketones is 1. The second-order valence-corrected chi connectivity index (χ2v) is 4.18. The molecule has 92 valence electrons. The molecule has 0 radical (unpaired) electrons. The van der Waals surface area contributed by atoms with E-state index >= 15 is 0 Å². The summed E-state index contributed by atoms with van der Waals surface area (Å²) in [5.74, 6) is 1.19. The monoisotopic (exact) mass is 255 g/mol. The maximum atomic E-state index is 11.9. The van der Waals surface area contributed by atoms with E-state index in [0.717, 1.165) is 5.56 Å². The predicted octanol–water partition coefficient (Wildman–Crippen LogP) is 1.69. The van der Waals surface area contributed by atoms with E-state index in [1.807, 2.05) is 0 Å². The molecule has 0 atom stereocenters. The average Bonchev–Trinajstić information content (AvgIpc) is 2.79. The molecule has 0 unspecified atom stereocenters. The summed E-state index contributed by atoms with van der Waals surface area (Å²) in [5, 5.41) is 3.30. The van der Waals surface area contributed by atoms with Crippen LogP contribution in [-0.2, 0) is 6.42 Å². The first kappa shape index (κ1) is 12.2. The van der Waals surface area contributed by atoms with Crippen LogP contribution in [0.5, 0.6) is 11.5 Å². The molecule has 0 amide bonds. The number of fused-ring (bicyclic) bond motifs is 1. The summed E-state index contributed by atoms with van der Waals surface area (Å²) in [6.07, 6.45) is 0.713. The minimum Gasteiger partial charge on any atom is -0.493 e. The lowest BCUT2D eigenvalue weighted by atomic mass is 10.0. The van der Waals surface area contributed by atoms with Crippen molar-refractivity contribution in [2.75, 3.05) is 27.3 Å². The van der Waals surface area contributed by atoms with Crippen molar-refractivity contribution >= 4 is 17.4 Å². The molecule has 0 aromatic heterocycles. The van der Waals surface area contributed by atoms with Gasteiger partial charge < -0.3 is 14.8 Å². The molecule has 1 aromatic rings. The first-order valence-electron chi connectivity index (χ1n) is 5.39. The molecule has 0 saturated carbocycles. The number of likely N-dealkylation sites (N-methyl/N-ethyl adjacent to an activating group) is 1. The minimum absolute atomic E-state index is 0.0505. The molecule has 2 rings (SSSR count). The van der Waals surface area contributed by atoms with Gasteiger partial charge in [-0.25, -0.2) is 0 Å². The molecular weight excluding hydrogens is 242 g/mol. The van der Waals surface area contributed by atoms with Crippen molar-refractivity contribution < 1.29 is 14.3 Å². The molecule has 5 heteroatoms. The molecular formula is C12H14ClNO3. The van der Waals surface area contributed by atoms with Crippen molar-refractivity contribution in [3.8, 4) is 11.5 Å². The highest BCUT2D eigenvalue weighted by Gasteiger charge is 2.25. The number of methoxy groups -OCH3 is 1. The van der Waals surface area contributed by atoms with Crippen LogP contribution >= 0.6 is 11.6 Å². The first-order chi connectivity index (χ1) is 8.19. The second-order valence-electron chi connectivity index (χ2n) is 3.80. The van der Waals surface area contributed by atoms with Gasteiger partial charge in [-0.15, -0.1) is 0 Å². The molecule has 4 nitrogen and oxygen atoms in total. The van der Waals surface area contributed by atoms with Crippen LogP contribution in [0.15, 0.2) is 6.07 Å². The Morgan fingerprint density at radius 3 is 3.06 bits per heavy atom. The van der Waals surface area contributed by atoms with E-state index in [4.69, 9.17) is 21.1 Å². The second kappa shape index (κ2) is 4.94. The Balaban J connectivity index is 2.50. The van der Waals surface area contributed by atoms with E-state index < -0.39 is 0 Å². The maximum Gasteiger partial charge on any atom is 0.178 e.